The molecule has 14 heavy (non-hydrogen) atoms. The van der Waals surface area contributed by atoms with Crippen LogP contribution in [-0.2, 0) is 6.54 Å². The minimum atomic E-state index is 0.993. The van der Waals surface area contributed by atoms with Gasteiger partial charge >= 0.3 is 0 Å². The Labute approximate surface area is 84.2 Å². The van der Waals surface area contributed by atoms with Crippen LogP contribution in [0.2, 0.25) is 0 Å². The molecule has 72 valence electrons. The molecule has 0 saturated carbocycles. The van der Waals surface area contributed by atoms with Crippen LogP contribution in [0.4, 0.5) is 0 Å². The van der Waals surface area contributed by atoms with Crippen molar-refractivity contribution in [2.24, 2.45) is 0 Å². The lowest BCUT2D eigenvalue weighted by molar-refractivity contribution is 0.603. The highest BCUT2D eigenvalue weighted by atomic mass is 15.3. The number of aryl methyl sites for hydroxylation is 1. The van der Waals surface area contributed by atoms with E-state index in [2.05, 4.69) is 30.4 Å². The maximum Gasteiger partial charge on any atom is 0.0568 e. The molecule has 0 amide bonds. The first-order chi connectivity index (χ1) is 6.90. The Morgan fingerprint density at radius 2 is 1.93 bits per heavy atom. The van der Waals surface area contributed by atoms with E-state index in [1.807, 2.05) is 29.1 Å². The predicted octanol–water partition coefficient (Wildman–Crippen LogP) is 2.96. The number of hydrogen-bond acceptors (Lipinski definition) is 1. The predicted molar refractivity (Wildman–Crippen MR) is 58.0 cm³/mol. The van der Waals surface area contributed by atoms with E-state index in [0.29, 0.717) is 0 Å². The summed E-state index contributed by atoms with van der Waals surface area (Å²) in [6.45, 7) is 3.15. The topological polar surface area (TPSA) is 17.8 Å². The summed E-state index contributed by atoms with van der Waals surface area (Å²) in [7, 11) is 0. The molecule has 0 saturated heterocycles. The summed E-state index contributed by atoms with van der Waals surface area (Å²) in [4.78, 5) is 0. The number of nitrogens with zero attached hydrogens (tertiary/aromatic N) is 2. The SMILES string of the molecule is CCCn1cc(-c2ccccc2)cn1. The third kappa shape index (κ3) is 1.84. The van der Waals surface area contributed by atoms with Crippen LogP contribution in [0, 0.1) is 0 Å². The van der Waals surface area contributed by atoms with Gasteiger partial charge in [-0.25, -0.2) is 0 Å². The van der Waals surface area contributed by atoms with Gasteiger partial charge in [0.05, 0.1) is 6.20 Å². The molecule has 0 aliphatic carbocycles. The molecule has 2 nitrogen and oxygen atoms in total. The quantitative estimate of drug-likeness (QED) is 0.720. The summed E-state index contributed by atoms with van der Waals surface area (Å²) >= 11 is 0. The second kappa shape index (κ2) is 4.09. The molecule has 2 heteroatoms. The van der Waals surface area contributed by atoms with E-state index in [4.69, 9.17) is 0 Å². The second-order valence-electron chi connectivity index (χ2n) is 3.36. The Bertz CT molecular complexity index is 390. The maximum absolute atomic E-state index is 4.30. The van der Waals surface area contributed by atoms with Crippen molar-refractivity contribution in [2.45, 2.75) is 19.9 Å². The minimum Gasteiger partial charge on any atom is -0.272 e. The molecule has 0 radical (unpaired) electrons. The zero-order valence-electron chi connectivity index (χ0n) is 8.35. The number of aromatic nitrogens is 2. The molecule has 0 bridgehead atoms. The molecule has 2 aromatic rings. The van der Waals surface area contributed by atoms with Crippen molar-refractivity contribution in [3.8, 4) is 11.1 Å². The Morgan fingerprint density at radius 1 is 1.14 bits per heavy atom. The zero-order chi connectivity index (χ0) is 9.80. The van der Waals surface area contributed by atoms with E-state index in [1.165, 1.54) is 11.1 Å². The fourth-order valence-corrected chi connectivity index (χ4v) is 1.49. The van der Waals surface area contributed by atoms with Gasteiger partial charge in [0.2, 0.25) is 0 Å². The highest BCUT2D eigenvalue weighted by Gasteiger charge is 1.99. The van der Waals surface area contributed by atoms with E-state index >= 15 is 0 Å². The van der Waals surface area contributed by atoms with E-state index in [9.17, 15) is 0 Å². The van der Waals surface area contributed by atoms with Gasteiger partial charge in [-0.05, 0) is 12.0 Å². The Balaban J connectivity index is 2.25. The third-order valence-electron chi connectivity index (χ3n) is 2.19. The lowest BCUT2D eigenvalue weighted by atomic mass is 10.1. The molecule has 2 rings (SSSR count). The average Bonchev–Trinajstić information content (AvgIpc) is 2.68. The molecule has 0 fully saturated rings. The molecule has 1 aromatic heterocycles. The molecule has 1 heterocycles. The van der Waals surface area contributed by atoms with Crippen LogP contribution < -0.4 is 0 Å². The Hall–Kier alpha value is -1.57. The average molecular weight is 186 g/mol. The number of benzene rings is 1. The summed E-state index contributed by atoms with van der Waals surface area (Å²) in [5.74, 6) is 0. The van der Waals surface area contributed by atoms with Crippen LogP contribution in [0.5, 0.6) is 0 Å². The van der Waals surface area contributed by atoms with Gasteiger partial charge in [0.25, 0.3) is 0 Å². The second-order valence-corrected chi connectivity index (χ2v) is 3.36. The first kappa shape index (κ1) is 9.00. The highest BCUT2D eigenvalue weighted by molar-refractivity contribution is 5.61. The van der Waals surface area contributed by atoms with Gasteiger partial charge in [0.1, 0.15) is 0 Å². The Morgan fingerprint density at radius 3 is 2.64 bits per heavy atom. The summed E-state index contributed by atoms with van der Waals surface area (Å²) < 4.78 is 1.99. The number of rotatable bonds is 3. The Kier molecular flexibility index (Phi) is 2.63. The van der Waals surface area contributed by atoms with Crippen LogP contribution in [0.15, 0.2) is 42.7 Å². The third-order valence-corrected chi connectivity index (χ3v) is 2.19. The lowest BCUT2D eigenvalue weighted by Crippen LogP contribution is -1.95. The molecule has 0 N–H and O–H groups in total. The molecule has 0 atom stereocenters. The molecular formula is C12H14N2. The van der Waals surface area contributed by atoms with Crippen LogP contribution in [0.3, 0.4) is 0 Å². The van der Waals surface area contributed by atoms with Crippen LogP contribution >= 0.6 is 0 Å². The molecule has 0 aliphatic rings. The minimum absolute atomic E-state index is 0.993. The molecule has 1 aromatic carbocycles. The van der Waals surface area contributed by atoms with Crippen LogP contribution in [0.1, 0.15) is 13.3 Å². The van der Waals surface area contributed by atoms with Crippen LogP contribution in [-0.4, -0.2) is 9.78 Å². The van der Waals surface area contributed by atoms with Gasteiger partial charge < -0.3 is 0 Å². The standard InChI is InChI=1S/C12H14N2/c1-2-8-14-10-12(9-13-14)11-6-4-3-5-7-11/h3-7,9-10H,2,8H2,1H3. The van der Waals surface area contributed by atoms with E-state index in [-0.39, 0.29) is 0 Å². The summed E-state index contributed by atoms with van der Waals surface area (Å²) in [6.07, 6.45) is 5.14. The van der Waals surface area contributed by atoms with Crippen LogP contribution in [0.25, 0.3) is 11.1 Å². The van der Waals surface area contributed by atoms with Crippen molar-refractivity contribution in [1.82, 2.24) is 9.78 Å². The van der Waals surface area contributed by atoms with E-state index in [0.717, 1.165) is 13.0 Å². The monoisotopic (exact) mass is 186 g/mol. The largest absolute Gasteiger partial charge is 0.272 e. The lowest BCUT2D eigenvalue weighted by Gasteiger charge is -1.96. The van der Waals surface area contributed by atoms with Crippen molar-refractivity contribution < 1.29 is 0 Å². The highest BCUT2D eigenvalue weighted by Crippen LogP contribution is 2.17. The fourth-order valence-electron chi connectivity index (χ4n) is 1.49. The molecular weight excluding hydrogens is 172 g/mol. The van der Waals surface area contributed by atoms with Gasteiger partial charge in [-0.1, -0.05) is 37.3 Å². The molecule has 0 spiro atoms. The first-order valence-electron chi connectivity index (χ1n) is 4.98. The summed E-state index contributed by atoms with van der Waals surface area (Å²) in [5, 5.41) is 4.30. The van der Waals surface area contributed by atoms with Gasteiger partial charge in [0, 0.05) is 18.3 Å². The van der Waals surface area contributed by atoms with Gasteiger partial charge in [0.15, 0.2) is 0 Å². The summed E-state index contributed by atoms with van der Waals surface area (Å²) in [5.41, 5.74) is 2.42. The smallest absolute Gasteiger partial charge is 0.0568 e. The first-order valence-corrected chi connectivity index (χ1v) is 4.98. The maximum atomic E-state index is 4.30. The number of hydrogen-bond donors (Lipinski definition) is 0. The van der Waals surface area contributed by atoms with E-state index in [1.54, 1.807) is 0 Å². The summed E-state index contributed by atoms with van der Waals surface area (Å²) in [6, 6.07) is 10.3. The van der Waals surface area contributed by atoms with Gasteiger partial charge in [-0.3, -0.25) is 4.68 Å². The van der Waals surface area contributed by atoms with Crippen molar-refractivity contribution in [1.29, 1.82) is 0 Å². The molecule has 0 unspecified atom stereocenters. The van der Waals surface area contributed by atoms with Crippen molar-refractivity contribution in [3.63, 3.8) is 0 Å². The van der Waals surface area contributed by atoms with Gasteiger partial charge in [-0.2, -0.15) is 5.10 Å². The van der Waals surface area contributed by atoms with E-state index < -0.39 is 0 Å². The van der Waals surface area contributed by atoms with Crippen molar-refractivity contribution in [2.75, 3.05) is 0 Å². The molecule has 0 aliphatic heterocycles. The van der Waals surface area contributed by atoms with Crippen molar-refractivity contribution >= 4 is 0 Å². The fraction of sp³-hybridized carbons (Fsp3) is 0.250. The van der Waals surface area contributed by atoms with Crippen molar-refractivity contribution in [3.05, 3.63) is 42.7 Å². The van der Waals surface area contributed by atoms with Gasteiger partial charge in [-0.15, -0.1) is 0 Å². The zero-order valence-corrected chi connectivity index (χ0v) is 8.35. The normalized spacial score (nSPS) is 10.4.